The van der Waals surface area contributed by atoms with E-state index in [2.05, 4.69) is 15.0 Å². The zero-order valence-electron chi connectivity index (χ0n) is 14.2. The van der Waals surface area contributed by atoms with Crippen molar-refractivity contribution in [1.82, 2.24) is 10.3 Å². The van der Waals surface area contributed by atoms with Gasteiger partial charge in [-0.25, -0.2) is 0 Å². The summed E-state index contributed by atoms with van der Waals surface area (Å²) in [6.45, 7) is 3.83. The maximum atomic E-state index is 12.5. The van der Waals surface area contributed by atoms with Crippen LogP contribution in [0.3, 0.4) is 0 Å². The van der Waals surface area contributed by atoms with Crippen molar-refractivity contribution in [3.05, 3.63) is 64.8 Å². The molecule has 0 saturated heterocycles. The number of hydrogen-bond acceptors (Lipinski definition) is 2. The SMILES string of the molecule is Cc1[nH]c2ccc(C(=O)NCc3ccccc3OC(F)(F)F)cc2c1C. The van der Waals surface area contributed by atoms with E-state index < -0.39 is 6.36 Å². The number of aryl methyl sites for hydroxylation is 2. The summed E-state index contributed by atoms with van der Waals surface area (Å²) in [6, 6.07) is 11.0. The van der Waals surface area contributed by atoms with E-state index in [4.69, 9.17) is 0 Å². The first-order valence-corrected chi connectivity index (χ1v) is 7.95. The molecule has 3 aromatic rings. The largest absolute Gasteiger partial charge is 0.573 e. The van der Waals surface area contributed by atoms with Crippen LogP contribution in [0.25, 0.3) is 10.9 Å². The average molecular weight is 362 g/mol. The number of aromatic amines is 1. The third-order valence-electron chi connectivity index (χ3n) is 4.21. The minimum atomic E-state index is -4.78. The molecule has 0 saturated carbocycles. The summed E-state index contributed by atoms with van der Waals surface area (Å²) in [5, 5.41) is 3.58. The molecule has 0 aliphatic heterocycles. The van der Waals surface area contributed by atoms with E-state index in [1.807, 2.05) is 19.9 Å². The van der Waals surface area contributed by atoms with Crippen LogP contribution in [0.4, 0.5) is 13.2 Å². The minimum Gasteiger partial charge on any atom is -0.405 e. The van der Waals surface area contributed by atoms with Crippen molar-refractivity contribution >= 4 is 16.8 Å². The molecule has 0 bridgehead atoms. The molecule has 1 aromatic heterocycles. The summed E-state index contributed by atoms with van der Waals surface area (Å²) in [5.74, 6) is -0.695. The van der Waals surface area contributed by atoms with E-state index in [1.54, 1.807) is 18.2 Å². The van der Waals surface area contributed by atoms with E-state index in [0.717, 1.165) is 22.2 Å². The van der Waals surface area contributed by atoms with Gasteiger partial charge in [0.2, 0.25) is 0 Å². The van der Waals surface area contributed by atoms with E-state index >= 15 is 0 Å². The summed E-state index contributed by atoms with van der Waals surface area (Å²) >= 11 is 0. The molecule has 0 aliphatic carbocycles. The van der Waals surface area contributed by atoms with Crippen LogP contribution in [0.15, 0.2) is 42.5 Å². The molecule has 2 N–H and O–H groups in total. The van der Waals surface area contributed by atoms with Gasteiger partial charge in [0, 0.05) is 34.3 Å². The van der Waals surface area contributed by atoms with Crippen LogP contribution >= 0.6 is 0 Å². The molecule has 3 rings (SSSR count). The molecule has 0 unspecified atom stereocenters. The summed E-state index contributed by atoms with van der Waals surface area (Å²) < 4.78 is 41.4. The predicted octanol–water partition coefficient (Wildman–Crippen LogP) is 4.61. The average Bonchev–Trinajstić information content (AvgIpc) is 2.86. The summed E-state index contributed by atoms with van der Waals surface area (Å²) in [7, 11) is 0. The molecule has 26 heavy (non-hydrogen) atoms. The highest BCUT2D eigenvalue weighted by molar-refractivity contribution is 5.99. The number of nitrogens with one attached hydrogen (secondary N) is 2. The molecule has 0 atom stereocenters. The number of benzene rings is 2. The highest BCUT2D eigenvalue weighted by atomic mass is 19.4. The van der Waals surface area contributed by atoms with E-state index in [9.17, 15) is 18.0 Å². The van der Waals surface area contributed by atoms with Gasteiger partial charge in [0.05, 0.1) is 0 Å². The number of hydrogen-bond donors (Lipinski definition) is 2. The fourth-order valence-electron chi connectivity index (χ4n) is 2.75. The summed E-state index contributed by atoms with van der Waals surface area (Å²) in [6.07, 6.45) is -4.78. The van der Waals surface area contributed by atoms with Gasteiger partial charge in [-0.05, 0) is 43.7 Å². The Morgan fingerprint density at radius 2 is 1.88 bits per heavy atom. The number of alkyl halides is 3. The molecule has 0 spiro atoms. The molecule has 2 aromatic carbocycles. The third-order valence-corrected chi connectivity index (χ3v) is 4.21. The van der Waals surface area contributed by atoms with Gasteiger partial charge in [0.25, 0.3) is 5.91 Å². The Bertz CT molecular complexity index is 961. The van der Waals surface area contributed by atoms with Crippen LogP contribution < -0.4 is 10.1 Å². The number of fused-ring (bicyclic) bond motifs is 1. The van der Waals surface area contributed by atoms with Gasteiger partial charge in [0.15, 0.2) is 0 Å². The summed E-state index contributed by atoms with van der Waals surface area (Å²) in [4.78, 5) is 15.6. The van der Waals surface area contributed by atoms with E-state index in [-0.39, 0.29) is 23.8 Å². The second-order valence-electron chi connectivity index (χ2n) is 5.97. The number of halogens is 3. The van der Waals surface area contributed by atoms with Crippen LogP contribution in [0.5, 0.6) is 5.75 Å². The first kappa shape index (κ1) is 17.8. The Kier molecular flexibility index (Phi) is 4.63. The number of carbonyl (C=O) groups excluding carboxylic acids is 1. The number of rotatable bonds is 4. The molecule has 0 fully saturated rings. The van der Waals surface area contributed by atoms with Gasteiger partial charge in [-0.2, -0.15) is 0 Å². The number of para-hydroxylation sites is 1. The lowest BCUT2D eigenvalue weighted by Gasteiger charge is -2.13. The number of H-pyrrole nitrogens is 1. The van der Waals surface area contributed by atoms with Gasteiger partial charge in [0.1, 0.15) is 5.75 Å². The topological polar surface area (TPSA) is 54.1 Å². The van der Waals surface area contributed by atoms with Gasteiger partial charge in [-0.3, -0.25) is 4.79 Å². The molecule has 4 nitrogen and oxygen atoms in total. The maximum Gasteiger partial charge on any atom is 0.573 e. The number of carbonyl (C=O) groups is 1. The molecule has 136 valence electrons. The Morgan fingerprint density at radius 1 is 1.15 bits per heavy atom. The second kappa shape index (κ2) is 6.74. The lowest BCUT2D eigenvalue weighted by Crippen LogP contribution is -2.24. The Balaban J connectivity index is 1.76. The maximum absolute atomic E-state index is 12.5. The monoisotopic (exact) mass is 362 g/mol. The lowest BCUT2D eigenvalue weighted by atomic mass is 10.1. The zero-order valence-corrected chi connectivity index (χ0v) is 14.2. The minimum absolute atomic E-state index is 0.0751. The number of amides is 1. The first-order chi connectivity index (χ1) is 12.2. The molecule has 7 heteroatoms. The molecular formula is C19H17F3N2O2. The normalized spacial score (nSPS) is 11.6. The number of ether oxygens (including phenoxy) is 1. The number of aromatic nitrogens is 1. The van der Waals surface area contributed by atoms with Crippen LogP contribution in [-0.2, 0) is 6.54 Å². The Labute approximate surface area is 148 Å². The third kappa shape index (κ3) is 3.82. The van der Waals surface area contributed by atoms with Crippen molar-refractivity contribution in [3.63, 3.8) is 0 Å². The van der Waals surface area contributed by atoms with Crippen LogP contribution in [0.1, 0.15) is 27.2 Å². The van der Waals surface area contributed by atoms with Crippen LogP contribution in [0, 0.1) is 13.8 Å². The highest BCUT2D eigenvalue weighted by Crippen LogP contribution is 2.26. The molecule has 1 heterocycles. The first-order valence-electron chi connectivity index (χ1n) is 7.95. The molecule has 1 amide bonds. The standard InChI is InChI=1S/C19H17F3N2O2/c1-11-12(2)24-16-8-7-13(9-15(11)16)18(25)23-10-14-5-3-4-6-17(14)26-19(20,21)22/h3-9,24H,10H2,1-2H3,(H,23,25). The molecule has 0 radical (unpaired) electrons. The van der Waals surface area contributed by atoms with Gasteiger partial charge in [-0.15, -0.1) is 13.2 Å². The van der Waals surface area contributed by atoms with Crippen molar-refractivity contribution in [1.29, 1.82) is 0 Å². The highest BCUT2D eigenvalue weighted by Gasteiger charge is 2.32. The van der Waals surface area contributed by atoms with Gasteiger partial charge >= 0.3 is 6.36 Å². The Morgan fingerprint density at radius 3 is 2.62 bits per heavy atom. The second-order valence-corrected chi connectivity index (χ2v) is 5.97. The van der Waals surface area contributed by atoms with Gasteiger partial charge < -0.3 is 15.0 Å². The summed E-state index contributed by atoms with van der Waals surface area (Å²) in [5.41, 5.74) is 3.69. The fraction of sp³-hybridized carbons (Fsp3) is 0.211. The predicted molar refractivity (Wildman–Crippen MR) is 92.1 cm³/mol. The van der Waals surface area contributed by atoms with Crippen molar-refractivity contribution in [3.8, 4) is 5.75 Å². The lowest BCUT2D eigenvalue weighted by molar-refractivity contribution is -0.274. The fourth-order valence-corrected chi connectivity index (χ4v) is 2.75. The van der Waals surface area contributed by atoms with Crippen LogP contribution in [-0.4, -0.2) is 17.3 Å². The quantitative estimate of drug-likeness (QED) is 0.712. The zero-order chi connectivity index (χ0) is 18.9. The molecular weight excluding hydrogens is 345 g/mol. The van der Waals surface area contributed by atoms with Crippen molar-refractivity contribution in [2.75, 3.05) is 0 Å². The van der Waals surface area contributed by atoms with Crippen molar-refractivity contribution < 1.29 is 22.7 Å². The molecule has 0 aliphatic rings. The van der Waals surface area contributed by atoms with Crippen LogP contribution in [0.2, 0.25) is 0 Å². The van der Waals surface area contributed by atoms with E-state index in [1.165, 1.54) is 18.2 Å². The van der Waals surface area contributed by atoms with E-state index in [0.29, 0.717) is 5.56 Å². The van der Waals surface area contributed by atoms with Crippen molar-refractivity contribution in [2.45, 2.75) is 26.8 Å². The van der Waals surface area contributed by atoms with Gasteiger partial charge in [-0.1, -0.05) is 18.2 Å². The van der Waals surface area contributed by atoms with Crippen molar-refractivity contribution in [2.24, 2.45) is 0 Å². The smallest absolute Gasteiger partial charge is 0.405 e. The Hall–Kier alpha value is -2.96.